The van der Waals surface area contributed by atoms with E-state index in [4.69, 9.17) is 4.74 Å². The Morgan fingerprint density at radius 2 is 1.67 bits per heavy atom. The smallest absolute Gasteiger partial charge is 0.285 e. The second-order valence-electron chi connectivity index (χ2n) is 7.97. The van der Waals surface area contributed by atoms with Crippen LogP contribution in [-0.4, -0.2) is 87.6 Å². The van der Waals surface area contributed by atoms with E-state index in [1.54, 1.807) is 58.1 Å². The predicted octanol–water partition coefficient (Wildman–Crippen LogP) is 1.45. The molecule has 10 heteroatoms. The number of carbonyl (C=O) groups excluding carboxylic acids is 2. The molecule has 0 atom stereocenters. The summed E-state index contributed by atoms with van der Waals surface area (Å²) in [6.45, 7) is 1.85. The lowest BCUT2D eigenvalue weighted by Gasteiger charge is -2.25. The van der Waals surface area contributed by atoms with Crippen molar-refractivity contribution in [1.29, 1.82) is 0 Å². The molecule has 0 aliphatic carbocycles. The van der Waals surface area contributed by atoms with Crippen molar-refractivity contribution in [2.75, 3.05) is 46.9 Å². The molecular weight excluding hydrogens is 444 g/mol. The normalized spacial score (nSPS) is 17.1. The molecule has 4 rings (SSSR count). The molecule has 0 spiro atoms. The minimum Gasteiger partial charge on any atom is -0.496 e. The minimum atomic E-state index is -3.75. The number of hydrogen-bond acceptors (Lipinski definition) is 6. The van der Waals surface area contributed by atoms with E-state index in [1.165, 1.54) is 13.2 Å². The van der Waals surface area contributed by atoms with Gasteiger partial charge in [0.05, 0.1) is 19.2 Å². The molecule has 2 aliphatic heterocycles. The third kappa shape index (κ3) is 4.56. The number of hydrogen-bond donors (Lipinski definition) is 0. The molecule has 2 aromatic rings. The van der Waals surface area contributed by atoms with E-state index < -0.39 is 10.0 Å². The van der Waals surface area contributed by atoms with Gasteiger partial charge in [0.15, 0.2) is 5.84 Å². The lowest BCUT2D eigenvalue weighted by Crippen LogP contribution is -2.43. The maximum atomic E-state index is 13.0. The Hall–Kier alpha value is -3.40. The number of carbonyl (C=O) groups is 2. The largest absolute Gasteiger partial charge is 0.496 e. The first kappa shape index (κ1) is 22.8. The average Bonchev–Trinajstić information content (AvgIpc) is 2.96. The standard InChI is InChI=1S/C23H26N4O5S/c1-25(22-18-9-4-6-11-20(18)33(30,31)24-22)16-21(28)26-12-7-13-27(15-14-26)23(29)17-8-3-5-10-19(17)32-2/h3-6,8-11H,7,12-16H2,1-2H3. The highest BCUT2D eigenvalue weighted by atomic mass is 32.2. The molecule has 0 unspecified atom stereocenters. The number of rotatable bonds is 4. The molecule has 0 aromatic heterocycles. The first-order chi connectivity index (χ1) is 15.8. The van der Waals surface area contributed by atoms with Crippen molar-refractivity contribution in [2.24, 2.45) is 4.40 Å². The molecule has 2 aliphatic rings. The van der Waals surface area contributed by atoms with Crippen molar-refractivity contribution < 1.29 is 22.7 Å². The fourth-order valence-electron chi connectivity index (χ4n) is 4.10. The van der Waals surface area contributed by atoms with Gasteiger partial charge in [0.25, 0.3) is 15.9 Å². The van der Waals surface area contributed by atoms with Crippen LogP contribution in [0.1, 0.15) is 22.3 Å². The average molecular weight is 471 g/mol. The Labute approximate surface area is 193 Å². The number of sulfonamides is 1. The Balaban J connectivity index is 1.41. The Bertz CT molecular complexity index is 1210. The SMILES string of the molecule is COc1ccccc1C(=O)N1CCCN(C(=O)CN(C)C2=NS(=O)(=O)c3ccccc32)CC1. The Kier molecular flexibility index (Phi) is 6.37. The molecule has 9 nitrogen and oxygen atoms in total. The van der Waals surface area contributed by atoms with E-state index in [2.05, 4.69) is 4.40 Å². The van der Waals surface area contributed by atoms with Crippen molar-refractivity contribution in [3.05, 3.63) is 59.7 Å². The van der Waals surface area contributed by atoms with E-state index in [9.17, 15) is 18.0 Å². The Morgan fingerprint density at radius 3 is 2.45 bits per heavy atom. The van der Waals surface area contributed by atoms with E-state index in [-0.39, 0.29) is 29.1 Å². The van der Waals surface area contributed by atoms with Crippen LogP contribution in [0.25, 0.3) is 0 Å². The van der Waals surface area contributed by atoms with Gasteiger partial charge in [-0.1, -0.05) is 24.3 Å². The fourth-order valence-corrected chi connectivity index (χ4v) is 5.35. The highest BCUT2D eigenvalue weighted by Gasteiger charge is 2.32. The molecule has 2 heterocycles. The zero-order valence-electron chi connectivity index (χ0n) is 18.6. The van der Waals surface area contributed by atoms with Crippen molar-refractivity contribution in [2.45, 2.75) is 11.3 Å². The summed E-state index contributed by atoms with van der Waals surface area (Å²) in [4.78, 5) is 31.2. The zero-order valence-corrected chi connectivity index (χ0v) is 19.4. The van der Waals surface area contributed by atoms with Crippen LogP contribution < -0.4 is 4.74 Å². The van der Waals surface area contributed by atoms with Gasteiger partial charge in [-0.2, -0.15) is 8.42 Å². The predicted molar refractivity (Wildman–Crippen MR) is 123 cm³/mol. The summed E-state index contributed by atoms with van der Waals surface area (Å²) >= 11 is 0. The second kappa shape index (κ2) is 9.22. The number of para-hydroxylation sites is 1. The summed E-state index contributed by atoms with van der Waals surface area (Å²) in [5, 5.41) is 0. The lowest BCUT2D eigenvalue weighted by atomic mass is 10.1. The van der Waals surface area contributed by atoms with Crippen LogP contribution in [0.5, 0.6) is 5.75 Å². The van der Waals surface area contributed by atoms with Crippen LogP contribution in [0.3, 0.4) is 0 Å². The van der Waals surface area contributed by atoms with Crippen LogP contribution in [-0.2, 0) is 14.8 Å². The van der Waals surface area contributed by atoms with Crippen LogP contribution >= 0.6 is 0 Å². The third-order valence-corrected chi connectivity index (χ3v) is 7.14. The molecule has 1 fully saturated rings. The summed E-state index contributed by atoms with van der Waals surface area (Å²) in [7, 11) is -0.560. The number of nitrogens with zero attached hydrogens (tertiary/aromatic N) is 4. The molecule has 174 valence electrons. The molecule has 0 N–H and O–H groups in total. The summed E-state index contributed by atoms with van der Waals surface area (Å²) in [5.41, 5.74) is 0.996. The molecule has 0 saturated carbocycles. The monoisotopic (exact) mass is 470 g/mol. The van der Waals surface area contributed by atoms with E-state index >= 15 is 0 Å². The van der Waals surface area contributed by atoms with Gasteiger partial charge in [-0.3, -0.25) is 9.59 Å². The van der Waals surface area contributed by atoms with Gasteiger partial charge in [0.1, 0.15) is 10.6 Å². The number of benzene rings is 2. The van der Waals surface area contributed by atoms with Gasteiger partial charge >= 0.3 is 0 Å². The topological polar surface area (TPSA) is 99.6 Å². The van der Waals surface area contributed by atoms with Gasteiger partial charge < -0.3 is 19.4 Å². The number of amides is 2. The van der Waals surface area contributed by atoms with Crippen molar-refractivity contribution in [3.63, 3.8) is 0 Å². The van der Waals surface area contributed by atoms with Crippen molar-refractivity contribution in [3.8, 4) is 5.75 Å². The van der Waals surface area contributed by atoms with Crippen molar-refractivity contribution >= 4 is 27.7 Å². The van der Waals surface area contributed by atoms with Gasteiger partial charge in [0.2, 0.25) is 5.91 Å². The summed E-state index contributed by atoms with van der Waals surface area (Å²) in [6.07, 6.45) is 0.647. The molecule has 0 bridgehead atoms. The number of likely N-dealkylation sites (N-methyl/N-ethyl adjacent to an activating group) is 1. The summed E-state index contributed by atoms with van der Waals surface area (Å²) < 4.78 is 33.8. The molecule has 1 saturated heterocycles. The van der Waals surface area contributed by atoms with Crippen LogP contribution in [0.2, 0.25) is 0 Å². The number of amidine groups is 1. The molecule has 0 radical (unpaired) electrons. The maximum Gasteiger partial charge on any atom is 0.285 e. The molecule has 2 amide bonds. The van der Waals surface area contributed by atoms with E-state index in [0.717, 1.165) is 0 Å². The van der Waals surface area contributed by atoms with E-state index in [1.807, 2.05) is 6.07 Å². The van der Waals surface area contributed by atoms with Crippen LogP contribution in [0.15, 0.2) is 57.8 Å². The summed E-state index contributed by atoms with van der Waals surface area (Å²) in [5.74, 6) is 0.519. The van der Waals surface area contributed by atoms with Gasteiger partial charge in [0, 0.05) is 38.8 Å². The zero-order chi connectivity index (χ0) is 23.6. The molecular formula is C23H26N4O5S. The number of ether oxygens (including phenoxy) is 1. The molecule has 2 aromatic carbocycles. The quantitative estimate of drug-likeness (QED) is 0.671. The number of methoxy groups -OCH3 is 1. The highest BCUT2D eigenvalue weighted by Crippen LogP contribution is 2.27. The highest BCUT2D eigenvalue weighted by molar-refractivity contribution is 7.90. The van der Waals surface area contributed by atoms with Crippen LogP contribution in [0, 0.1) is 0 Å². The first-order valence-electron chi connectivity index (χ1n) is 10.7. The van der Waals surface area contributed by atoms with Gasteiger partial charge in [-0.05, 0) is 30.7 Å². The lowest BCUT2D eigenvalue weighted by molar-refractivity contribution is -0.131. The van der Waals surface area contributed by atoms with Crippen LogP contribution in [0.4, 0.5) is 0 Å². The third-order valence-electron chi connectivity index (χ3n) is 5.82. The first-order valence-corrected chi connectivity index (χ1v) is 12.1. The summed E-state index contributed by atoms with van der Waals surface area (Å²) in [6, 6.07) is 13.7. The maximum absolute atomic E-state index is 13.0. The van der Waals surface area contributed by atoms with Gasteiger partial charge in [-0.15, -0.1) is 4.40 Å². The fraction of sp³-hybridized carbons (Fsp3) is 0.348. The van der Waals surface area contributed by atoms with Crippen molar-refractivity contribution in [1.82, 2.24) is 14.7 Å². The van der Waals surface area contributed by atoms with Gasteiger partial charge in [-0.25, -0.2) is 0 Å². The Morgan fingerprint density at radius 1 is 1.00 bits per heavy atom. The number of fused-ring (bicyclic) bond motifs is 1. The van der Waals surface area contributed by atoms with E-state index in [0.29, 0.717) is 49.5 Å². The molecule has 33 heavy (non-hydrogen) atoms. The minimum absolute atomic E-state index is 0.0108. The second-order valence-corrected chi connectivity index (χ2v) is 9.54.